The van der Waals surface area contributed by atoms with Crippen molar-refractivity contribution in [1.29, 1.82) is 0 Å². The molecule has 1 heterocycles. The van der Waals surface area contributed by atoms with Gasteiger partial charge in [-0.05, 0) is 33.8 Å². The van der Waals surface area contributed by atoms with Crippen LogP contribution in [0.25, 0.3) is 0 Å². The Kier molecular flexibility index (Phi) is 5.54. The van der Waals surface area contributed by atoms with Crippen LogP contribution in [-0.2, 0) is 15.9 Å². The molecule has 0 radical (unpaired) electrons. The van der Waals surface area contributed by atoms with Crippen LogP contribution in [0.4, 0.5) is 0 Å². The molecule has 0 bridgehead atoms. The van der Waals surface area contributed by atoms with Crippen LogP contribution in [0.15, 0.2) is 30.3 Å². The number of nitrogens with zero attached hydrogens (tertiary/aromatic N) is 2. The first-order valence-electron chi connectivity index (χ1n) is 7.19. The van der Waals surface area contributed by atoms with Gasteiger partial charge >= 0.3 is 0 Å². The molecule has 1 aromatic rings. The van der Waals surface area contributed by atoms with Gasteiger partial charge in [0.1, 0.15) is 12.2 Å². The van der Waals surface area contributed by atoms with Crippen molar-refractivity contribution in [2.75, 3.05) is 41.3 Å². The van der Waals surface area contributed by atoms with Crippen molar-refractivity contribution >= 4 is 0 Å². The van der Waals surface area contributed by atoms with Gasteiger partial charge in [0.05, 0.1) is 0 Å². The van der Waals surface area contributed by atoms with E-state index >= 15 is 0 Å². The molecule has 1 aromatic carbocycles. The lowest BCUT2D eigenvalue weighted by molar-refractivity contribution is -0.0673. The number of benzene rings is 1. The van der Waals surface area contributed by atoms with E-state index in [9.17, 15) is 0 Å². The fourth-order valence-electron chi connectivity index (χ4n) is 2.54. The van der Waals surface area contributed by atoms with Crippen LogP contribution in [0.5, 0.6) is 0 Å². The maximum atomic E-state index is 6.10. The number of hydrogen-bond donors (Lipinski definition) is 0. The smallest absolute Gasteiger partial charge is 0.162 e. The lowest BCUT2D eigenvalue weighted by Gasteiger charge is -2.22. The molecule has 0 spiro atoms. The highest BCUT2D eigenvalue weighted by molar-refractivity contribution is 5.15. The molecule has 112 valence electrons. The quantitative estimate of drug-likeness (QED) is 0.786. The maximum Gasteiger partial charge on any atom is 0.162 e. The molecule has 0 saturated carbocycles. The zero-order valence-corrected chi connectivity index (χ0v) is 13.0. The summed E-state index contributed by atoms with van der Waals surface area (Å²) in [6.07, 6.45) is 0.962. The van der Waals surface area contributed by atoms with E-state index in [1.54, 1.807) is 0 Å². The molecule has 4 nitrogen and oxygen atoms in total. The summed E-state index contributed by atoms with van der Waals surface area (Å²) in [7, 11) is 8.28. The van der Waals surface area contributed by atoms with E-state index < -0.39 is 0 Å². The van der Waals surface area contributed by atoms with Gasteiger partial charge in [-0.25, -0.2) is 0 Å². The summed E-state index contributed by atoms with van der Waals surface area (Å²) in [5.41, 5.74) is 1.26. The third-order valence-electron chi connectivity index (χ3n) is 3.40. The second-order valence-electron chi connectivity index (χ2n) is 5.99. The van der Waals surface area contributed by atoms with E-state index in [0.29, 0.717) is 0 Å². The standard InChI is InChI=1S/C16H26N2O2/c1-17(2)11-14-15(12-18(3)4)20-16(19-14)10-13-8-6-5-7-9-13/h5-9,14-16H,10-12H2,1-4H3/t14-,15-/m0/s1. The molecule has 1 saturated heterocycles. The Hall–Kier alpha value is -0.940. The van der Waals surface area contributed by atoms with Crippen molar-refractivity contribution in [1.82, 2.24) is 9.80 Å². The van der Waals surface area contributed by atoms with E-state index in [1.807, 2.05) is 6.07 Å². The molecule has 2 atom stereocenters. The maximum absolute atomic E-state index is 6.10. The van der Waals surface area contributed by atoms with Crippen molar-refractivity contribution < 1.29 is 9.47 Å². The van der Waals surface area contributed by atoms with Crippen LogP contribution >= 0.6 is 0 Å². The minimum absolute atomic E-state index is 0.132. The topological polar surface area (TPSA) is 24.9 Å². The minimum atomic E-state index is -0.132. The third-order valence-corrected chi connectivity index (χ3v) is 3.40. The van der Waals surface area contributed by atoms with Crippen LogP contribution in [0.3, 0.4) is 0 Å². The zero-order valence-electron chi connectivity index (χ0n) is 13.0. The van der Waals surface area contributed by atoms with Gasteiger partial charge in [-0.2, -0.15) is 0 Å². The van der Waals surface area contributed by atoms with E-state index in [-0.39, 0.29) is 18.5 Å². The Balaban J connectivity index is 1.95. The number of rotatable bonds is 6. The lowest BCUT2D eigenvalue weighted by atomic mass is 10.1. The van der Waals surface area contributed by atoms with E-state index in [4.69, 9.17) is 9.47 Å². The summed E-state index contributed by atoms with van der Waals surface area (Å²) in [5.74, 6) is 0. The average Bonchev–Trinajstić information content (AvgIpc) is 2.70. The van der Waals surface area contributed by atoms with Crippen molar-refractivity contribution in [3.8, 4) is 0 Å². The van der Waals surface area contributed by atoms with Crippen molar-refractivity contribution in [3.05, 3.63) is 35.9 Å². The van der Waals surface area contributed by atoms with Crippen molar-refractivity contribution in [3.63, 3.8) is 0 Å². The monoisotopic (exact) mass is 278 g/mol. The predicted octanol–water partition coefficient (Wildman–Crippen LogP) is 1.46. The molecule has 0 aliphatic carbocycles. The lowest BCUT2D eigenvalue weighted by Crippen LogP contribution is -2.39. The van der Waals surface area contributed by atoms with Gasteiger partial charge in [0.2, 0.25) is 0 Å². The number of likely N-dealkylation sites (N-methyl/N-ethyl adjacent to an activating group) is 2. The van der Waals surface area contributed by atoms with E-state index in [0.717, 1.165) is 19.5 Å². The van der Waals surface area contributed by atoms with Crippen molar-refractivity contribution in [2.24, 2.45) is 0 Å². The summed E-state index contributed by atoms with van der Waals surface area (Å²) in [4.78, 5) is 4.31. The molecule has 0 aromatic heterocycles. The summed E-state index contributed by atoms with van der Waals surface area (Å²) >= 11 is 0. The van der Waals surface area contributed by atoms with Gasteiger partial charge in [0.15, 0.2) is 6.29 Å². The first kappa shape index (κ1) is 15.4. The van der Waals surface area contributed by atoms with Gasteiger partial charge in [0.25, 0.3) is 0 Å². The molecule has 1 aliphatic rings. The summed E-state index contributed by atoms with van der Waals surface area (Å²) < 4.78 is 12.2. The van der Waals surface area contributed by atoms with Crippen LogP contribution in [0.1, 0.15) is 5.56 Å². The van der Waals surface area contributed by atoms with Gasteiger partial charge < -0.3 is 19.3 Å². The van der Waals surface area contributed by atoms with Crippen LogP contribution in [0.2, 0.25) is 0 Å². The molecular formula is C16H26N2O2. The van der Waals surface area contributed by atoms with Crippen LogP contribution in [-0.4, -0.2) is 69.6 Å². The Labute approximate surface area is 122 Å². The minimum Gasteiger partial charge on any atom is -0.345 e. The first-order chi connectivity index (χ1) is 9.54. The second-order valence-corrected chi connectivity index (χ2v) is 5.99. The first-order valence-corrected chi connectivity index (χ1v) is 7.19. The molecule has 1 fully saturated rings. The van der Waals surface area contributed by atoms with Gasteiger partial charge in [0, 0.05) is 19.5 Å². The molecule has 4 heteroatoms. The molecule has 2 rings (SSSR count). The third kappa shape index (κ3) is 4.56. The van der Waals surface area contributed by atoms with Gasteiger partial charge in [-0.3, -0.25) is 0 Å². The number of ether oxygens (including phenoxy) is 2. The normalized spacial score (nSPS) is 23.9. The fraction of sp³-hybridized carbons (Fsp3) is 0.625. The Morgan fingerprint density at radius 2 is 1.35 bits per heavy atom. The van der Waals surface area contributed by atoms with E-state index in [2.05, 4.69) is 62.3 Å². The summed E-state index contributed by atoms with van der Waals surface area (Å²) in [6, 6.07) is 10.4. The molecule has 1 aliphatic heterocycles. The fourth-order valence-corrected chi connectivity index (χ4v) is 2.54. The summed E-state index contributed by atoms with van der Waals surface area (Å²) in [5, 5.41) is 0. The van der Waals surface area contributed by atoms with Crippen LogP contribution < -0.4 is 0 Å². The molecule has 0 N–H and O–H groups in total. The zero-order chi connectivity index (χ0) is 14.5. The average molecular weight is 278 g/mol. The van der Waals surface area contributed by atoms with Gasteiger partial charge in [-0.1, -0.05) is 30.3 Å². The Morgan fingerprint density at radius 3 is 1.80 bits per heavy atom. The SMILES string of the molecule is CN(C)C[C@@H]1OC(Cc2ccccc2)O[C@H]1CN(C)C. The van der Waals surface area contributed by atoms with Crippen molar-refractivity contribution in [2.45, 2.75) is 24.9 Å². The van der Waals surface area contributed by atoms with Crippen LogP contribution in [0, 0.1) is 0 Å². The largest absolute Gasteiger partial charge is 0.345 e. The van der Waals surface area contributed by atoms with Gasteiger partial charge in [-0.15, -0.1) is 0 Å². The molecule has 20 heavy (non-hydrogen) atoms. The second kappa shape index (κ2) is 7.18. The summed E-state index contributed by atoms with van der Waals surface area (Å²) in [6.45, 7) is 1.79. The van der Waals surface area contributed by atoms with E-state index in [1.165, 1.54) is 5.56 Å². The highest BCUT2D eigenvalue weighted by Gasteiger charge is 2.36. The molecule has 0 amide bonds. The Bertz CT molecular complexity index is 377. The molecular weight excluding hydrogens is 252 g/mol. The highest BCUT2D eigenvalue weighted by Crippen LogP contribution is 2.23. The molecule has 0 unspecified atom stereocenters. The highest BCUT2D eigenvalue weighted by atomic mass is 16.7. The predicted molar refractivity (Wildman–Crippen MR) is 80.8 cm³/mol. The Morgan fingerprint density at radius 1 is 0.850 bits per heavy atom. The number of hydrogen-bond acceptors (Lipinski definition) is 4.